The maximum atomic E-state index is 13.0. The lowest BCUT2D eigenvalue weighted by Gasteiger charge is -2.12. The minimum absolute atomic E-state index is 0.0108. The van der Waals surface area contributed by atoms with E-state index in [1.807, 2.05) is 32.0 Å². The topological polar surface area (TPSA) is 87.8 Å². The van der Waals surface area contributed by atoms with Crippen LogP contribution in [0.5, 0.6) is 17.2 Å². The van der Waals surface area contributed by atoms with Crippen LogP contribution in [0.1, 0.15) is 33.3 Å². The number of hydrogen-bond acceptors (Lipinski definition) is 6. The fourth-order valence-corrected chi connectivity index (χ4v) is 5.02. The summed E-state index contributed by atoms with van der Waals surface area (Å²) >= 11 is 30.6. The monoisotopic (exact) mass is 631 g/mol. The number of aryl methyl sites for hydroxylation is 1. The highest BCUT2D eigenvalue weighted by Gasteiger charge is 2.22. The van der Waals surface area contributed by atoms with Crippen molar-refractivity contribution in [3.05, 3.63) is 83.9 Å². The Balaban J connectivity index is 1.46. The predicted molar refractivity (Wildman–Crippen MR) is 153 cm³/mol. The van der Waals surface area contributed by atoms with Crippen molar-refractivity contribution >= 4 is 69.6 Å². The first-order valence-corrected chi connectivity index (χ1v) is 13.2. The van der Waals surface area contributed by atoms with Gasteiger partial charge in [-0.25, -0.2) is 0 Å². The maximum absolute atomic E-state index is 13.0. The van der Waals surface area contributed by atoms with E-state index < -0.39 is 5.91 Å². The predicted octanol–water partition coefficient (Wildman–Crippen LogP) is 8.26. The highest BCUT2D eigenvalue weighted by Crippen LogP contribution is 2.48. The first-order chi connectivity index (χ1) is 18.5. The van der Waals surface area contributed by atoms with Crippen molar-refractivity contribution in [3.8, 4) is 17.2 Å². The minimum atomic E-state index is -0.452. The number of furan rings is 1. The Hall–Kier alpha value is -2.75. The number of rotatable bonds is 9. The molecule has 0 spiro atoms. The molecule has 0 aliphatic carbocycles. The van der Waals surface area contributed by atoms with Crippen LogP contribution >= 0.6 is 58.0 Å². The quantitative estimate of drug-likeness (QED) is 0.148. The number of carbonyl (C=O) groups excluding carboxylic acids is 1. The number of ether oxygens (including phenoxy) is 3. The lowest BCUT2D eigenvalue weighted by molar-refractivity contribution is 0.0992. The Morgan fingerprint density at radius 2 is 1.56 bits per heavy atom. The second-order valence-electron chi connectivity index (χ2n) is 8.30. The molecule has 2 heterocycles. The Bertz CT molecular complexity index is 1520. The van der Waals surface area contributed by atoms with Crippen LogP contribution in [-0.4, -0.2) is 29.9 Å². The van der Waals surface area contributed by atoms with Crippen LogP contribution in [-0.2, 0) is 13.2 Å². The van der Waals surface area contributed by atoms with Crippen LogP contribution < -0.4 is 19.5 Å². The average molecular weight is 634 g/mol. The lowest BCUT2D eigenvalue weighted by atomic mass is 10.2. The van der Waals surface area contributed by atoms with Crippen LogP contribution in [0.25, 0.3) is 0 Å². The van der Waals surface area contributed by atoms with Crippen LogP contribution in [0.3, 0.4) is 0 Å². The molecule has 0 aliphatic heterocycles. The van der Waals surface area contributed by atoms with Crippen LogP contribution in [0.15, 0.2) is 34.7 Å². The number of methoxy groups -OCH3 is 2. The summed E-state index contributed by atoms with van der Waals surface area (Å²) in [6, 6.07) is 8.76. The molecular weight excluding hydrogens is 612 g/mol. The molecule has 39 heavy (non-hydrogen) atoms. The van der Waals surface area contributed by atoms with Crippen molar-refractivity contribution in [2.45, 2.75) is 27.0 Å². The van der Waals surface area contributed by atoms with E-state index in [1.165, 1.54) is 6.07 Å². The second kappa shape index (κ2) is 12.2. The van der Waals surface area contributed by atoms with Gasteiger partial charge in [-0.05, 0) is 43.7 Å². The van der Waals surface area contributed by atoms with Crippen molar-refractivity contribution in [1.29, 1.82) is 0 Å². The van der Waals surface area contributed by atoms with Crippen LogP contribution in [0.4, 0.5) is 5.69 Å². The number of carbonyl (C=O) groups is 1. The summed E-state index contributed by atoms with van der Waals surface area (Å²) in [5.41, 5.74) is 2.96. The normalized spacial score (nSPS) is 11.0. The van der Waals surface area contributed by atoms with E-state index in [4.69, 9.17) is 76.6 Å². The third-order valence-corrected chi connectivity index (χ3v) is 8.06. The fraction of sp³-hybridized carbons (Fsp3) is 0.231. The van der Waals surface area contributed by atoms with Crippen molar-refractivity contribution in [2.24, 2.45) is 0 Å². The molecule has 1 amide bonds. The lowest BCUT2D eigenvalue weighted by Crippen LogP contribution is -2.12. The number of halogens is 5. The first-order valence-electron chi connectivity index (χ1n) is 11.3. The summed E-state index contributed by atoms with van der Waals surface area (Å²) in [4.78, 5) is 13.0. The van der Waals surface area contributed by atoms with Crippen LogP contribution in [0.2, 0.25) is 25.1 Å². The molecule has 8 nitrogen and oxygen atoms in total. The van der Waals surface area contributed by atoms with Gasteiger partial charge in [0.15, 0.2) is 23.0 Å². The number of hydrogen-bond donors (Lipinski definition) is 1. The van der Waals surface area contributed by atoms with Gasteiger partial charge in [-0.1, -0.05) is 64.1 Å². The summed E-state index contributed by atoms with van der Waals surface area (Å²) in [5.74, 6) is 1.27. The third kappa shape index (κ3) is 6.05. The molecule has 0 saturated heterocycles. The van der Waals surface area contributed by atoms with Gasteiger partial charge in [0.1, 0.15) is 22.4 Å². The van der Waals surface area contributed by atoms with Gasteiger partial charge in [0, 0.05) is 0 Å². The largest absolute Gasteiger partial charge is 0.493 e. The molecule has 0 aliphatic rings. The molecule has 0 radical (unpaired) electrons. The Morgan fingerprint density at radius 3 is 2.21 bits per heavy atom. The summed E-state index contributed by atoms with van der Waals surface area (Å²) in [6.45, 7) is 4.05. The zero-order chi connectivity index (χ0) is 28.4. The summed E-state index contributed by atoms with van der Waals surface area (Å²) in [5, 5.41) is 7.53. The molecule has 0 bridgehead atoms. The third-order valence-electron chi connectivity index (χ3n) is 5.81. The van der Waals surface area contributed by atoms with E-state index in [-0.39, 0.29) is 43.2 Å². The molecule has 2 aromatic carbocycles. The number of nitrogens with zero attached hydrogens (tertiary/aromatic N) is 2. The highest BCUT2D eigenvalue weighted by atomic mass is 35.5. The van der Waals surface area contributed by atoms with E-state index in [0.29, 0.717) is 35.2 Å². The molecule has 0 unspecified atom stereocenters. The van der Waals surface area contributed by atoms with E-state index in [2.05, 4.69) is 10.4 Å². The molecule has 206 valence electrons. The Morgan fingerprint density at radius 1 is 0.923 bits per heavy atom. The van der Waals surface area contributed by atoms with Gasteiger partial charge in [0.25, 0.3) is 5.91 Å². The smallest absolute Gasteiger partial charge is 0.291 e. The van der Waals surface area contributed by atoms with Crippen molar-refractivity contribution in [3.63, 3.8) is 0 Å². The average Bonchev–Trinajstić information content (AvgIpc) is 3.51. The van der Waals surface area contributed by atoms with E-state index in [9.17, 15) is 4.79 Å². The molecule has 4 aromatic rings. The van der Waals surface area contributed by atoms with E-state index in [0.717, 1.165) is 11.3 Å². The molecule has 1 N–H and O–H groups in total. The number of anilines is 1. The van der Waals surface area contributed by atoms with Gasteiger partial charge in [-0.3, -0.25) is 9.48 Å². The molecule has 0 atom stereocenters. The van der Waals surface area contributed by atoms with Gasteiger partial charge in [0.05, 0.1) is 52.9 Å². The zero-order valence-corrected chi connectivity index (χ0v) is 24.9. The highest BCUT2D eigenvalue weighted by molar-refractivity contribution is 6.55. The van der Waals surface area contributed by atoms with E-state index >= 15 is 0 Å². The molecule has 2 aromatic heterocycles. The second-order valence-corrected chi connectivity index (χ2v) is 10.2. The molecule has 0 fully saturated rings. The minimum Gasteiger partial charge on any atom is -0.493 e. The molecule has 4 rings (SSSR count). The van der Waals surface area contributed by atoms with Gasteiger partial charge in [-0.2, -0.15) is 5.10 Å². The first kappa shape index (κ1) is 29.2. The fourth-order valence-electron chi connectivity index (χ4n) is 3.79. The summed E-state index contributed by atoms with van der Waals surface area (Å²) in [6.07, 6.45) is 0. The van der Waals surface area contributed by atoms with Gasteiger partial charge in [-0.15, -0.1) is 0 Å². The number of aromatic nitrogens is 2. The van der Waals surface area contributed by atoms with Gasteiger partial charge < -0.3 is 23.9 Å². The zero-order valence-electron chi connectivity index (χ0n) is 21.1. The standard InChI is InChI=1S/C26H22Cl5N3O5/c1-12-24(13(2)34(33-12)10-14-5-7-16(36-3)18(9-14)37-4)32-26(35)17-8-6-15(39-17)11-38-25-22(30)20(28)19(27)21(29)23(25)31/h5-9H,10-11H2,1-4H3,(H,32,35). The van der Waals surface area contributed by atoms with Gasteiger partial charge in [0.2, 0.25) is 0 Å². The number of amides is 1. The SMILES string of the molecule is COc1ccc(Cn2nc(C)c(NC(=O)c3ccc(COc4c(Cl)c(Cl)c(Cl)c(Cl)c4Cl)o3)c2C)cc1OC. The Labute approximate surface area is 249 Å². The number of nitrogens with one attached hydrogen (secondary N) is 1. The maximum Gasteiger partial charge on any atom is 0.291 e. The van der Waals surface area contributed by atoms with E-state index in [1.54, 1.807) is 25.0 Å². The van der Waals surface area contributed by atoms with Crippen molar-refractivity contribution in [2.75, 3.05) is 19.5 Å². The van der Waals surface area contributed by atoms with Crippen molar-refractivity contribution < 1.29 is 23.4 Å². The molecule has 13 heteroatoms. The summed E-state index contributed by atoms with van der Waals surface area (Å²) < 4.78 is 23.8. The Kier molecular flexibility index (Phi) is 9.14. The van der Waals surface area contributed by atoms with Gasteiger partial charge >= 0.3 is 0 Å². The summed E-state index contributed by atoms with van der Waals surface area (Å²) in [7, 11) is 3.16. The molecular formula is C26H22Cl5N3O5. The van der Waals surface area contributed by atoms with Crippen LogP contribution in [0, 0.1) is 13.8 Å². The molecule has 0 saturated carbocycles. The van der Waals surface area contributed by atoms with Crippen molar-refractivity contribution in [1.82, 2.24) is 9.78 Å². The number of benzene rings is 2.